The first kappa shape index (κ1) is 26.1. The molecule has 0 fully saturated rings. The lowest BCUT2D eigenvalue weighted by Gasteiger charge is -2.13. The average Bonchev–Trinajstić information content (AvgIpc) is 2.94. The predicted molar refractivity (Wildman–Crippen MR) is 139 cm³/mol. The summed E-state index contributed by atoms with van der Waals surface area (Å²) in [6.45, 7) is 0. The third-order valence-electron chi connectivity index (χ3n) is 5.50. The zero-order valence-electron chi connectivity index (χ0n) is 19.9. The van der Waals surface area contributed by atoms with E-state index in [1.54, 1.807) is 0 Å². The third kappa shape index (κ3) is 5.26. The number of rotatable bonds is 6. The van der Waals surface area contributed by atoms with Crippen LogP contribution in [-0.2, 0) is 9.84 Å². The molecular weight excluding hydrogens is 516 g/mol. The maximum absolute atomic E-state index is 13.3. The van der Waals surface area contributed by atoms with E-state index in [1.165, 1.54) is 72.8 Å². The van der Waals surface area contributed by atoms with Crippen LogP contribution in [0.15, 0.2) is 82.6 Å². The Labute approximate surface area is 223 Å². The summed E-state index contributed by atoms with van der Waals surface area (Å²) in [4.78, 5) is -0.215. The zero-order valence-corrected chi connectivity index (χ0v) is 20.7. The first-order chi connectivity index (χ1) is 18.7. The Hall–Kier alpha value is -6.01. The summed E-state index contributed by atoms with van der Waals surface area (Å²) in [5.74, 6) is 0.815. The highest BCUT2D eigenvalue weighted by atomic mass is 32.2. The van der Waals surface area contributed by atoms with Gasteiger partial charge in [-0.25, -0.2) is 8.42 Å². The van der Waals surface area contributed by atoms with Crippen LogP contribution < -0.4 is 20.9 Å². The Morgan fingerprint density at radius 3 is 1.26 bits per heavy atom. The fourth-order valence-electron chi connectivity index (χ4n) is 3.52. The average molecular weight is 533 g/mol. The molecule has 39 heavy (non-hydrogen) atoms. The molecule has 4 aromatic carbocycles. The summed E-state index contributed by atoms with van der Waals surface area (Å²) in [7, 11) is -4.03. The molecule has 0 radical (unpaired) electrons. The molecule has 4 rings (SSSR count). The Kier molecular flexibility index (Phi) is 7.04. The normalized spacial score (nSPS) is 10.4. The number of benzene rings is 4. The smallest absolute Gasteiger partial charge is 0.206 e. The number of ether oxygens (including phenoxy) is 2. The molecule has 0 aromatic heterocycles. The second-order valence-corrected chi connectivity index (χ2v) is 9.92. The van der Waals surface area contributed by atoms with Crippen LogP contribution in [0.2, 0.25) is 0 Å². The maximum atomic E-state index is 13.3. The molecule has 188 valence electrons. The van der Waals surface area contributed by atoms with Gasteiger partial charge in [0.05, 0.1) is 43.4 Å². The summed E-state index contributed by atoms with van der Waals surface area (Å²) >= 11 is 0. The summed E-state index contributed by atoms with van der Waals surface area (Å²) in [5, 5.41) is 36.5. The van der Waals surface area contributed by atoms with Gasteiger partial charge in [-0.2, -0.15) is 21.0 Å². The van der Waals surface area contributed by atoms with Crippen molar-refractivity contribution in [2.75, 3.05) is 11.5 Å². The molecule has 0 amide bonds. The SMILES string of the molecule is N#Cc1ccc(Oc2ccc(S(=O)(=O)c3ccc(Oc4ccc(C#N)c(C#N)c4)c(N)c3)cc2N)cc1C#N. The lowest BCUT2D eigenvalue weighted by atomic mass is 10.1. The lowest BCUT2D eigenvalue weighted by Crippen LogP contribution is -2.05. The van der Waals surface area contributed by atoms with Crippen LogP contribution in [0, 0.1) is 45.3 Å². The Morgan fingerprint density at radius 1 is 0.538 bits per heavy atom. The van der Waals surface area contributed by atoms with Crippen molar-refractivity contribution in [3.05, 3.63) is 95.1 Å². The predicted octanol–water partition coefficient (Wildman–Crippen LogP) is 4.76. The van der Waals surface area contributed by atoms with Crippen molar-refractivity contribution in [3.8, 4) is 47.3 Å². The van der Waals surface area contributed by atoms with Crippen LogP contribution in [0.25, 0.3) is 0 Å². The van der Waals surface area contributed by atoms with E-state index in [1.807, 2.05) is 24.3 Å². The number of hydrogen-bond acceptors (Lipinski definition) is 10. The van der Waals surface area contributed by atoms with Crippen LogP contribution in [0.5, 0.6) is 23.0 Å². The van der Waals surface area contributed by atoms with Gasteiger partial charge in [-0.05, 0) is 72.8 Å². The third-order valence-corrected chi connectivity index (χ3v) is 7.25. The van der Waals surface area contributed by atoms with Crippen molar-refractivity contribution in [2.24, 2.45) is 0 Å². The Bertz CT molecular complexity index is 1780. The summed E-state index contributed by atoms with van der Waals surface area (Å²) in [5.41, 5.74) is 12.8. The Balaban J connectivity index is 1.58. The van der Waals surface area contributed by atoms with Gasteiger partial charge in [0.2, 0.25) is 9.84 Å². The van der Waals surface area contributed by atoms with Crippen LogP contribution in [0.1, 0.15) is 22.3 Å². The van der Waals surface area contributed by atoms with E-state index < -0.39 is 9.84 Å². The molecule has 4 aromatic rings. The molecule has 0 spiro atoms. The van der Waals surface area contributed by atoms with Crippen molar-refractivity contribution in [2.45, 2.75) is 9.79 Å². The number of anilines is 2. The van der Waals surface area contributed by atoms with Gasteiger partial charge in [0.15, 0.2) is 0 Å². The van der Waals surface area contributed by atoms with Gasteiger partial charge in [0.1, 0.15) is 47.3 Å². The molecule has 10 nitrogen and oxygen atoms in total. The molecule has 0 aliphatic heterocycles. The minimum Gasteiger partial charge on any atom is -0.455 e. The van der Waals surface area contributed by atoms with Gasteiger partial charge < -0.3 is 20.9 Å². The molecule has 0 aliphatic rings. The molecule has 11 heteroatoms. The van der Waals surface area contributed by atoms with Gasteiger partial charge in [0, 0.05) is 0 Å². The van der Waals surface area contributed by atoms with E-state index in [0.29, 0.717) is 0 Å². The van der Waals surface area contributed by atoms with Crippen LogP contribution in [-0.4, -0.2) is 8.42 Å². The molecule has 0 saturated carbocycles. The molecule has 0 saturated heterocycles. The van der Waals surface area contributed by atoms with Gasteiger partial charge in [0.25, 0.3) is 0 Å². The van der Waals surface area contributed by atoms with Crippen LogP contribution in [0.4, 0.5) is 11.4 Å². The minimum atomic E-state index is -4.03. The van der Waals surface area contributed by atoms with E-state index in [4.69, 9.17) is 31.5 Å². The number of sulfone groups is 1. The molecule has 4 N–H and O–H groups in total. The number of nitrogens with two attached hydrogens (primary N) is 2. The highest BCUT2D eigenvalue weighted by Gasteiger charge is 2.21. The monoisotopic (exact) mass is 532 g/mol. The van der Waals surface area contributed by atoms with E-state index in [-0.39, 0.29) is 66.4 Å². The zero-order chi connectivity index (χ0) is 28.2. The lowest BCUT2D eigenvalue weighted by molar-refractivity contribution is 0.484. The number of hydrogen-bond donors (Lipinski definition) is 2. The highest BCUT2D eigenvalue weighted by Crippen LogP contribution is 2.35. The minimum absolute atomic E-state index is 0.0287. The van der Waals surface area contributed by atoms with Gasteiger partial charge in [-0.1, -0.05) is 0 Å². The highest BCUT2D eigenvalue weighted by molar-refractivity contribution is 7.91. The van der Waals surface area contributed by atoms with Crippen LogP contribution >= 0.6 is 0 Å². The molecular formula is C28H16N6O4S. The van der Waals surface area contributed by atoms with E-state index in [9.17, 15) is 18.9 Å². The van der Waals surface area contributed by atoms with Crippen molar-refractivity contribution in [1.82, 2.24) is 0 Å². The largest absolute Gasteiger partial charge is 0.455 e. The first-order valence-electron chi connectivity index (χ1n) is 11.0. The van der Waals surface area contributed by atoms with E-state index >= 15 is 0 Å². The quantitative estimate of drug-likeness (QED) is 0.326. The van der Waals surface area contributed by atoms with Crippen molar-refractivity contribution in [1.29, 1.82) is 21.0 Å². The van der Waals surface area contributed by atoms with Crippen molar-refractivity contribution in [3.63, 3.8) is 0 Å². The van der Waals surface area contributed by atoms with Crippen molar-refractivity contribution < 1.29 is 17.9 Å². The maximum Gasteiger partial charge on any atom is 0.206 e. The van der Waals surface area contributed by atoms with Gasteiger partial charge in [-0.15, -0.1) is 0 Å². The summed E-state index contributed by atoms with van der Waals surface area (Å²) < 4.78 is 37.9. The standard InChI is InChI=1S/C28H16N6O4S/c29-13-17-1-3-21(9-19(17)15-31)37-27-7-5-23(11-25(27)33)39(35,36)24-6-8-28(26(34)12-24)38-22-4-2-18(14-30)20(10-22)16-32/h1-12H,33-34H2. The second kappa shape index (κ2) is 10.5. The molecule has 0 bridgehead atoms. The summed E-state index contributed by atoms with van der Waals surface area (Å²) in [6.07, 6.45) is 0. The second-order valence-electron chi connectivity index (χ2n) is 7.97. The number of nitriles is 4. The summed E-state index contributed by atoms with van der Waals surface area (Å²) in [6, 6.07) is 24.1. The molecule has 0 aliphatic carbocycles. The topological polar surface area (TPSA) is 200 Å². The fraction of sp³-hybridized carbons (Fsp3) is 0. The number of nitrogens with zero attached hydrogens (tertiary/aromatic N) is 4. The Morgan fingerprint density at radius 2 is 0.923 bits per heavy atom. The van der Waals surface area contributed by atoms with Gasteiger partial charge in [-0.3, -0.25) is 0 Å². The molecule has 0 heterocycles. The van der Waals surface area contributed by atoms with E-state index in [0.717, 1.165) is 0 Å². The fourth-order valence-corrected chi connectivity index (χ4v) is 4.85. The number of nitrogen functional groups attached to an aromatic ring is 2. The molecule has 0 atom stereocenters. The molecule has 0 unspecified atom stereocenters. The van der Waals surface area contributed by atoms with Crippen molar-refractivity contribution >= 4 is 21.2 Å². The van der Waals surface area contributed by atoms with Gasteiger partial charge >= 0.3 is 0 Å². The van der Waals surface area contributed by atoms with Crippen LogP contribution in [0.3, 0.4) is 0 Å². The van der Waals surface area contributed by atoms with E-state index in [2.05, 4.69) is 0 Å². The first-order valence-corrected chi connectivity index (χ1v) is 12.5.